The van der Waals surface area contributed by atoms with Crippen LogP contribution in [0.15, 0.2) is 0 Å². The highest BCUT2D eigenvalue weighted by molar-refractivity contribution is 5.83. The van der Waals surface area contributed by atoms with E-state index >= 15 is 0 Å². The average Bonchev–Trinajstić information content (AvgIpc) is 2.68. The van der Waals surface area contributed by atoms with Gasteiger partial charge in [0.1, 0.15) is 0 Å². The maximum Gasteiger partial charge on any atom is 0.308 e. The number of nitrogens with two attached hydrogens (primary N) is 1. The van der Waals surface area contributed by atoms with Crippen LogP contribution in [0.5, 0.6) is 0 Å². The van der Waals surface area contributed by atoms with E-state index in [2.05, 4.69) is 0 Å². The molecule has 0 bridgehead atoms. The van der Waals surface area contributed by atoms with Gasteiger partial charge in [-0.25, -0.2) is 0 Å². The molecule has 5 nitrogen and oxygen atoms in total. The molecule has 98 valence electrons. The van der Waals surface area contributed by atoms with Gasteiger partial charge >= 0.3 is 5.97 Å². The Morgan fingerprint density at radius 2 is 2.06 bits per heavy atom. The molecule has 0 aromatic rings. The lowest BCUT2D eigenvalue weighted by atomic mass is 9.99. The number of hydrogen-bond donors (Lipinski definition) is 2. The molecular formula is C12H22N2O3. The number of aliphatic carboxylic acids is 1. The van der Waals surface area contributed by atoms with Crippen LogP contribution in [0, 0.1) is 17.8 Å². The van der Waals surface area contributed by atoms with Crippen molar-refractivity contribution in [1.29, 1.82) is 0 Å². The second-order valence-corrected chi connectivity index (χ2v) is 5.08. The monoisotopic (exact) mass is 242 g/mol. The number of carboxylic acids is 1. The number of nitrogens with zero attached hydrogens (tertiary/aromatic N) is 1. The highest BCUT2D eigenvalue weighted by Gasteiger charge is 2.38. The fraction of sp³-hybridized carbons (Fsp3) is 0.833. The van der Waals surface area contributed by atoms with Crippen molar-refractivity contribution < 1.29 is 14.7 Å². The summed E-state index contributed by atoms with van der Waals surface area (Å²) in [6, 6.07) is -0.514. The predicted molar refractivity (Wildman–Crippen MR) is 64.3 cm³/mol. The number of carbonyl (C=O) groups is 2. The molecule has 0 aromatic carbocycles. The van der Waals surface area contributed by atoms with E-state index in [1.54, 1.807) is 4.90 Å². The van der Waals surface area contributed by atoms with Crippen molar-refractivity contribution in [1.82, 2.24) is 4.90 Å². The molecule has 1 aliphatic rings. The third kappa shape index (κ3) is 2.97. The molecule has 1 fully saturated rings. The van der Waals surface area contributed by atoms with E-state index < -0.39 is 17.9 Å². The normalized spacial score (nSPS) is 27.9. The maximum atomic E-state index is 12.1. The summed E-state index contributed by atoms with van der Waals surface area (Å²) in [5.41, 5.74) is 5.88. The largest absolute Gasteiger partial charge is 0.481 e. The van der Waals surface area contributed by atoms with Gasteiger partial charge in [-0.2, -0.15) is 0 Å². The summed E-state index contributed by atoms with van der Waals surface area (Å²) in [5.74, 6) is -1.27. The first-order valence-electron chi connectivity index (χ1n) is 6.15. The molecule has 0 aromatic heterocycles. The van der Waals surface area contributed by atoms with Crippen LogP contribution >= 0.6 is 0 Å². The molecule has 2 unspecified atom stereocenters. The Hall–Kier alpha value is -1.10. The number of carboxylic acid groups (broad SMARTS) is 1. The van der Waals surface area contributed by atoms with Gasteiger partial charge in [-0.15, -0.1) is 0 Å². The lowest BCUT2D eigenvalue weighted by molar-refractivity contribution is -0.142. The molecule has 3 N–H and O–H groups in total. The highest BCUT2D eigenvalue weighted by atomic mass is 16.4. The van der Waals surface area contributed by atoms with Gasteiger partial charge in [0, 0.05) is 13.1 Å². The van der Waals surface area contributed by atoms with Gasteiger partial charge in [0.15, 0.2) is 0 Å². The van der Waals surface area contributed by atoms with Crippen molar-refractivity contribution in [3.63, 3.8) is 0 Å². The Balaban J connectivity index is 2.64. The van der Waals surface area contributed by atoms with Gasteiger partial charge in [-0.1, -0.05) is 27.2 Å². The summed E-state index contributed by atoms with van der Waals surface area (Å²) in [5, 5.41) is 9.01. The predicted octanol–water partition coefficient (Wildman–Crippen LogP) is 0.539. The van der Waals surface area contributed by atoms with Gasteiger partial charge in [0.2, 0.25) is 5.91 Å². The zero-order valence-corrected chi connectivity index (χ0v) is 10.7. The van der Waals surface area contributed by atoms with E-state index in [0.717, 1.165) is 6.42 Å². The zero-order valence-electron chi connectivity index (χ0n) is 10.7. The molecule has 1 saturated heterocycles. The fourth-order valence-electron chi connectivity index (χ4n) is 2.18. The van der Waals surface area contributed by atoms with E-state index in [0.29, 0.717) is 13.1 Å². The minimum absolute atomic E-state index is 0.000539. The maximum absolute atomic E-state index is 12.1. The van der Waals surface area contributed by atoms with Crippen LogP contribution < -0.4 is 5.73 Å². The molecule has 4 atom stereocenters. The van der Waals surface area contributed by atoms with Gasteiger partial charge in [-0.3, -0.25) is 9.59 Å². The van der Waals surface area contributed by atoms with Crippen molar-refractivity contribution in [2.45, 2.75) is 33.2 Å². The van der Waals surface area contributed by atoms with E-state index in [-0.39, 0.29) is 17.7 Å². The number of hydrogen-bond acceptors (Lipinski definition) is 3. The summed E-state index contributed by atoms with van der Waals surface area (Å²) in [6.45, 7) is 6.58. The fourth-order valence-corrected chi connectivity index (χ4v) is 2.18. The number of amides is 1. The highest BCUT2D eigenvalue weighted by Crippen LogP contribution is 2.24. The smallest absolute Gasteiger partial charge is 0.308 e. The molecule has 0 radical (unpaired) electrons. The third-order valence-electron chi connectivity index (χ3n) is 3.78. The van der Waals surface area contributed by atoms with Gasteiger partial charge in [0.05, 0.1) is 12.0 Å². The average molecular weight is 242 g/mol. The van der Waals surface area contributed by atoms with Crippen LogP contribution in [-0.2, 0) is 9.59 Å². The molecule has 5 heteroatoms. The molecule has 1 rings (SSSR count). The standard InChI is InChI=1S/C12H22N2O3/c1-4-7(2)10(13)11(15)14-5-8(3)9(6-14)12(16)17/h7-10H,4-6,13H2,1-3H3,(H,16,17)/t7?,8-,9-,10?/m1/s1. The summed E-state index contributed by atoms with van der Waals surface area (Å²) in [4.78, 5) is 24.6. The van der Waals surface area contributed by atoms with Gasteiger partial charge in [0.25, 0.3) is 0 Å². The second-order valence-electron chi connectivity index (χ2n) is 5.08. The summed E-state index contributed by atoms with van der Waals surface area (Å²) in [7, 11) is 0. The van der Waals surface area contributed by atoms with Gasteiger partial charge < -0.3 is 15.7 Å². The third-order valence-corrected chi connectivity index (χ3v) is 3.78. The molecule has 1 heterocycles. The Kier molecular flexibility index (Phi) is 4.51. The first-order valence-corrected chi connectivity index (χ1v) is 6.15. The molecule has 17 heavy (non-hydrogen) atoms. The lowest BCUT2D eigenvalue weighted by Crippen LogP contribution is -2.46. The molecule has 1 amide bonds. The first-order chi connectivity index (χ1) is 7.88. The second kappa shape index (κ2) is 5.49. The lowest BCUT2D eigenvalue weighted by Gasteiger charge is -2.24. The Morgan fingerprint density at radius 1 is 1.47 bits per heavy atom. The minimum Gasteiger partial charge on any atom is -0.481 e. The van der Waals surface area contributed by atoms with Crippen LogP contribution in [0.1, 0.15) is 27.2 Å². The molecule has 0 spiro atoms. The molecular weight excluding hydrogens is 220 g/mol. The Bertz CT molecular complexity index is 306. The first kappa shape index (κ1) is 14.0. The SMILES string of the molecule is CCC(C)C(N)C(=O)N1C[C@@H](C)[C@H](C(=O)O)C1. The van der Waals surface area contributed by atoms with E-state index in [1.165, 1.54) is 0 Å². The van der Waals surface area contributed by atoms with Crippen molar-refractivity contribution in [2.24, 2.45) is 23.5 Å². The Morgan fingerprint density at radius 3 is 2.47 bits per heavy atom. The van der Waals surface area contributed by atoms with Crippen molar-refractivity contribution >= 4 is 11.9 Å². The summed E-state index contributed by atoms with van der Waals surface area (Å²) in [6.07, 6.45) is 0.846. The van der Waals surface area contributed by atoms with Crippen LogP contribution in [0.4, 0.5) is 0 Å². The van der Waals surface area contributed by atoms with Crippen molar-refractivity contribution in [3.05, 3.63) is 0 Å². The van der Waals surface area contributed by atoms with Crippen LogP contribution in [0.25, 0.3) is 0 Å². The zero-order chi connectivity index (χ0) is 13.2. The number of carbonyl (C=O) groups excluding carboxylic acids is 1. The van der Waals surface area contributed by atoms with Crippen molar-refractivity contribution in [2.75, 3.05) is 13.1 Å². The van der Waals surface area contributed by atoms with Crippen LogP contribution in [-0.4, -0.2) is 41.0 Å². The number of rotatable bonds is 4. The number of likely N-dealkylation sites (tertiary alicyclic amines) is 1. The quantitative estimate of drug-likeness (QED) is 0.753. The van der Waals surface area contributed by atoms with E-state index in [1.807, 2.05) is 20.8 Å². The van der Waals surface area contributed by atoms with Crippen molar-refractivity contribution in [3.8, 4) is 0 Å². The van der Waals surface area contributed by atoms with Crippen LogP contribution in [0.3, 0.4) is 0 Å². The van der Waals surface area contributed by atoms with E-state index in [4.69, 9.17) is 10.8 Å². The summed E-state index contributed by atoms with van der Waals surface area (Å²) >= 11 is 0. The van der Waals surface area contributed by atoms with Crippen LogP contribution in [0.2, 0.25) is 0 Å². The topological polar surface area (TPSA) is 83.6 Å². The summed E-state index contributed by atoms with van der Waals surface area (Å²) < 4.78 is 0. The molecule has 1 aliphatic heterocycles. The van der Waals surface area contributed by atoms with Gasteiger partial charge in [-0.05, 0) is 11.8 Å². The van der Waals surface area contributed by atoms with E-state index in [9.17, 15) is 9.59 Å². The Labute approximate surface area is 102 Å². The minimum atomic E-state index is -0.829. The molecule has 0 aliphatic carbocycles. The molecule has 0 saturated carbocycles.